The van der Waals surface area contributed by atoms with E-state index in [0.717, 1.165) is 0 Å². The molecule has 2 N–H and O–H groups in total. The van der Waals surface area contributed by atoms with E-state index < -0.39 is 12.0 Å². The zero-order chi connectivity index (χ0) is 11.4. The van der Waals surface area contributed by atoms with E-state index in [4.69, 9.17) is 28.3 Å². The molecular formula is C8H9Cl2N3O2. The molecule has 1 heterocycles. The molecule has 7 heteroatoms. The van der Waals surface area contributed by atoms with Crippen LogP contribution < -0.4 is 5.32 Å². The second-order valence-electron chi connectivity index (χ2n) is 2.93. The predicted octanol–water partition coefficient (Wildman–Crippen LogP) is 0.894. The first-order valence-electron chi connectivity index (χ1n) is 4.15. The number of amides is 1. The average molecular weight is 250 g/mol. The van der Waals surface area contributed by atoms with Gasteiger partial charge < -0.3 is 10.4 Å². The van der Waals surface area contributed by atoms with Crippen LogP contribution in [0.1, 0.15) is 17.3 Å². The highest BCUT2D eigenvalue weighted by Crippen LogP contribution is 2.14. The van der Waals surface area contributed by atoms with E-state index in [1.165, 1.54) is 6.07 Å². The lowest BCUT2D eigenvalue weighted by molar-refractivity contribution is 0.0923. The Hall–Kier alpha value is -0.910. The lowest BCUT2D eigenvalue weighted by Crippen LogP contribution is -2.30. The van der Waals surface area contributed by atoms with Gasteiger partial charge in [-0.3, -0.25) is 4.79 Å². The fraction of sp³-hybridized carbons (Fsp3) is 0.375. The van der Waals surface area contributed by atoms with Crippen LogP contribution in [0.15, 0.2) is 6.07 Å². The van der Waals surface area contributed by atoms with Crippen molar-refractivity contribution in [1.82, 2.24) is 15.5 Å². The van der Waals surface area contributed by atoms with E-state index >= 15 is 0 Å². The van der Waals surface area contributed by atoms with Crippen LogP contribution in [-0.2, 0) is 0 Å². The van der Waals surface area contributed by atoms with Crippen molar-refractivity contribution in [3.63, 3.8) is 0 Å². The van der Waals surface area contributed by atoms with E-state index in [1.807, 2.05) is 0 Å². The molecule has 0 spiro atoms. The highest BCUT2D eigenvalue weighted by Gasteiger charge is 2.13. The van der Waals surface area contributed by atoms with Crippen molar-refractivity contribution in [3.8, 4) is 0 Å². The molecule has 1 amide bonds. The highest BCUT2D eigenvalue weighted by molar-refractivity contribution is 6.34. The maximum atomic E-state index is 11.5. The number of halogens is 2. The largest absolute Gasteiger partial charge is 0.392 e. The third-order valence-electron chi connectivity index (χ3n) is 1.52. The normalized spacial score (nSPS) is 12.3. The number of rotatable bonds is 3. The molecule has 1 rings (SSSR count). The Bertz CT molecular complexity index is 371. The van der Waals surface area contributed by atoms with Gasteiger partial charge in [0.25, 0.3) is 5.91 Å². The first-order chi connectivity index (χ1) is 7.00. The van der Waals surface area contributed by atoms with Crippen LogP contribution in [0.5, 0.6) is 0 Å². The van der Waals surface area contributed by atoms with E-state index in [0.29, 0.717) is 0 Å². The first kappa shape index (κ1) is 12.2. The van der Waals surface area contributed by atoms with Gasteiger partial charge in [-0.15, -0.1) is 10.2 Å². The summed E-state index contributed by atoms with van der Waals surface area (Å²) in [5.74, 6) is -0.447. The molecule has 0 aliphatic heterocycles. The summed E-state index contributed by atoms with van der Waals surface area (Å²) in [6, 6.07) is 1.31. The lowest BCUT2D eigenvalue weighted by Gasteiger charge is -2.07. The van der Waals surface area contributed by atoms with Gasteiger partial charge in [-0.2, -0.15) is 0 Å². The molecule has 1 atom stereocenters. The molecule has 15 heavy (non-hydrogen) atoms. The summed E-state index contributed by atoms with van der Waals surface area (Å²) in [5, 5.41) is 18.5. The van der Waals surface area contributed by atoms with Crippen LogP contribution in [0.25, 0.3) is 0 Å². The van der Waals surface area contributed by atoms with Crippen LogP contribution in [0.2, 0.25) is 10.3 Å². The van der Waals surface area contributed by atoms with Crippen molar-refractivity contribution in [3.05, 3.63) is 21.9 Å². The van der Waals surface area contributed by atoms with Crippen molar-refractivity contribution in [1.29, 1.82) is 0 Å². The first-order valence-corrected chi connectivity index (χ1v) is 4.91. The lowest BCUT2D eigenvalue weighted by atomic mass is 10.3. The molecule has 0 saturated heterocycles. The molecule has 1 unspecified atom stereocenters. The van der Waals surface area contributed by atoms with Gasteiger partial charge >= 0.3 is 0 Å². The van der Waals surface area contributed by atoms with Crippen LogP contribution in [-0.4, -0.2) is 33.9 Å². The molecule has 0 radical (unpaired) electrons. The fourth-order valence-corrected chi connectivity index (χ4v) is 1.17. The van der Waals surface area contributed by atoms with Gasteiger partial charge in [0.1, 0.15) is 0 Å². The van der Waals surface area contributed by atoms with Crippen LogP contribution >= 0.6 is 23.2 Å². The maximum Gasteiger partial charge on any atom is 0.254 e. The number of nitrogens with one attached hydrogen (secondary N) is 1. The molecular weight excluding hydrogens is 241 g/mol. The molecule has 0 aliphatic rings. The highest BCUT2D eigenvalue weighted by atomic mass is 35.5. The second-order valence-corrected chi connectivity index (χ2v) is 3.68. The van der Waals surface area contributed by atoms with E-state index in [-0.39, 0.29) is 22.4 Å². The number of hydrogen-bond acceptors (Lipinski definition) is 4. The van der Waals surface area contributed by atoms with Crippen molar-refractivity contribution >= 4 is 29.1 Å². The Labute approximate surface area is 96.4 Å². The van der Waals surface area contributed by atoms with E-state index in [9.17, 15) is 4.79 Å². The third kappa shape index (κ3) is 3.62. The van der Waals surface area contributed by atoms with Gasteiger partial charge in [-0.25, -0.2) is 0 Å². The summed E-state index contributed by atoms with van der Waals surface area (Å²) in [6.45, 7) is 1.69. The molecule has 0 fully saturated rings. The predicted molar refractivity (Wildman–Crippen MR) is 56.1 cm³/mol. The van der Waals surface area contributed by atoms with Crippen LogP contribution in [0.3, 0.4) is 0 Å². The zero-order valence-corrected chi connectivity index (χ0v) is 9.38. The summed E-state index contributed by atoms with van der Waals surface area (Å²) in [4.78, 5) is 11.5. The number of aliphatic hydroxyl groups is 1. The summed E-state index contributed by atoms with van der Waals surface area (Å²) in [7, 11) is 0. The van der Waals surface area contributed by atoms with Gasteiger partial charge in [-0.1, -0.05) is 23.2 Å². The smallest absolute Gasteiger partial charge is 0.254 e. The number of carbonyl (C=O) groups is 1. The Morgan fingerprint density at radius 3 is 2.87 bits per heavy atom. The standard InChI is InChI=1S/C8H9Cl2N3O2/c1-4(14)3-11-8(15)5-2-6(9)12-13-7(5)10/h2,4,14H,3H2,1H3,(H,11,15). The topological polar surface area (TPSA) is 75.1 Å². The number of aliphatic hydroxyl groups excluding tert-OH is 1. The fourth-order valence-electron chi connectivity index (χ4n) is 0.848. The third-order valence-corrected chi connectivity index (χ3v) is 1.99. The van der Waals surface area contributed by atoms with Gasteiger partial charge in [0.05, 0.1) is 11.7 Å². The van der Waals surface area contributed by atoms with Gasteiger partial charge in [0.15, 0.2) is 10.3 Å². The minimum atomic E-state index is -0.627. The molecule has 1 aromatic rings. The Kier molecular flexibility index (Phi) is 4.26. The van der Waals surface area contributed by atoms with Crippen LogP contribution in [0, 0.1) is 0 Å². The number of aromatic nitrogens is 2. The zero-order valence-electron chi connectivity index (χ0n) is 7.87. The van der Waals surface area contributed by atoms with Gasteiger partial charge in [0.2, 0.25) is 0 Å². The molecule has 82 valence electrons. The SMILES string of the molecule is CC(O)CNC(=O)c1cc(Cl)nnc1Cl. The summed E-state index contributed by atoms with van der Waals surface area (Å²) < 4.78 is 0. The molecule has 5 nitrogen and oxygen atoms in total. The molecule has 1 aromatic heterocycles. The van der Waals surface area contributed by atoms with Crippen molar-refractivity contribution in [2.75, 3.05) is 6.54 Å². The van der Waals surface area contributed by atoms with Crippen molar-refractivity contribution in [2.24, 2.45) is 0 Å². The second kappa shape index (κ2) is 5.25. The maximum absolute atomic E-state index is 11.5. The molecule has 0 bridgehead atoms. The van der Waals surface area contributed by atoms with E-state index in [1.54, 1.807) is 6.92 Å². The monoisotopic (exact) mass is 249 g/mol. The molecule has 0 aliphatic carbocycles. The Morgan fingerprint density at radius 1 is 1.60 bits per heavy atom. The van der Waals surface area contributed by atoms with Gasteiger partial charge in [0, 0.05) is 6.54 Å². The Balaban J connectivity index is 2.77. The minimum absolute atomic E-state index is 0.0255. The van der Waals surface area contributed by atoms with Gasteiger partial charge in [-0.05, 0) is 13.0 Å². The summed E-state index contributed by atoms with van der Waals surface area (Å²) in [5.41, 5.74) is 0.136. The Morgan fingerprint density at radius 2 is 2.27 bits per heavy atom. The van der Waals surface area contributed by atoms with Crippen molar-refractivity contribution in [2.45, 2.75) is 13.0 Å². The number of nitrogens with zero attached hydrogens (tertiary/aromatic N) is 2. The average Bonchev–Trinajstić information content (AvgIpc) is 2.18. The quantitative estimate of drug-likeness (QED) is 0.835. The number of carbonyl (C=O) groups excluding carboxylic acids is 1. The molecule has 0 saturated carbocycles. The van der Waals surface area contributed by atoms with Crippen molar-refractivity contribution < 1.29 is 9.90 Å². The minimum Gasteiger partial charge on any atom is -0.392 e. The summed E-state index contributed by atoms with van der Waals surface area (Å²) >= 11 is 11.2. The van der Waals surface area contributed by atoms with E-state index in [2.05, 4.69) is 15.5 Å². The number of hydrogen-bond donors (Lipinski definition) is 2. The molecule has 0 aromatic carbocycles. The van der Waals surface area contributed by atoms with Crippen LogP contribution in [0.4, 0.5) is 0 Å². The summed E-state index contributed by atoms with van der Waals surface area (Å²) in [6.07, 6.45) is -0.627.